The van der Waals surface area contributed by atoms with E-state index in [2.05, 4.69) is 29.8 Å². The van der Waals surface area contributed by atoms with Gasteiger partial charge in [0.05, 0.1) is 5.88 Å². The van der Waals surface area contributed by atoms with Crippen LogP contribution in [0.3, 0.4) is 0 Å². The molecule has 0 atom stereocenters. The minimum Gasteiger partial charge on any atom is -0.371 e. The third-order valence-electron chi connectivity index (χ3n) is 3.15. The molecule has 0 radical (unpaired) electrons. The van der Waals surface area contributed by atoms with Crippen molar-refractivity contribution in [2.75, 3.05) is 18.0 Å². The lowest BCUT2D eigenvalue weighted by molar-refractivity contribution is 0.675. The van der Waals surface area contributed by atoms with Gasteiger partial charge in [-0.15, -0.1) is 11.6 Å². The van der Waals surface area contributed by atoms with E-state index < -0.39 is 0 Å². The number of aromatic nitrogens is 1. The van der Waals surface area contributed by atoms with Crippen molar-refractivity contribution in [1.82, 2.24) is 4.98 Å². The molecule has 0 aliphatic carbocycles. The highest BCUT2D eigenvalue weighted by Crippen LogP contribution is 2.23. The molecule has 1 heterocycles. The molecular weight excluding hydrogens is 244 g/mol. The molecule has 1 rings (SSSR count). The summed E-state index contributed by atoms with van der Waals surface area (Å²) in [6.45, 7) is 8.74. The zero-order valence-corrected chi connectivity index (χ0v) is 12.6. The largest absolute Gasteiger partial charge is 0.371 e. The van der Waals surface area contributed by atoms with Crippen molar-refractivity contribution in [3.8, 4) is 0 Å². The summed E-state index contributed by atoms with van der Waals surface area (Å²) in [5, 5.41) is 0. The second-order valence-corrected chi connectivity index (χ2v) is 5.05. The van der Waals surface area contributed by atoms with E-state index in [1.165, 1.54) is 31.4 Å². The number of anilines is 1. The molecule has 2 nitrogen and oxygen atoms in total. The van der Waals surface area contributed by atoms with Gasteiger partial charge in [-0.3, -0.25) is 4.98 Å². The molecule has 18 heavy (non-hydrogen) atoms. The summed E-state index contributed by atoms with van der Waals surface area (Å²) in [7, 11) is 0. The van der Waals surface area contributed by atoms with Crippen molar-refractivity contribution in [3.05, 3.63) is 23.5 Å². The van der Waals surface area contributed by atoms with Crippen LogP contribution >= 0.6 is 11.6 Å². The number of hydrogen-bond acceptors (Lipinski definition) is 2. The molecule has 102 valence electrons. The highest BCUT2D eigenvalue weighted by molar-refractivity contribution is 6.17. The van der Waals surface area contributed by atoms with Crippen LogP contribution in [0, 0.1) is 6.92 Å². The summed E-state index contributed by atoms with van der Waals surface area (Å²) in [4.78, 5) is 6.81. The van der Waals surface area contributed by atoms with Gasteiger partial charge in [-0.05, 0) is 25.8 Å². The van der Waals surface area contributed by atoms with Crippen molar-refractivity contribution in [1.29, 1.82) is 0 Å². The first-order valence-corrected chi connectivity index (χ1v) is 7.52. The lowest BCUT2D eigenvalue weighted by atomic mass is 10.1. The van der Waals surface area contributed by atoms with Gasteiger partial charge >= 0.3 is 0 Å². The monoisotopic (exact) mass is 268 g/mol. The Morgan fingerprint density at radius 3 is 2.28 bits per heavy atom. The minimum absolute atomic E-state index is 0.539. The number of hydrogen-bond donors (Lipinski definition) is 0. The summed E-state index contributed by atoms with van der Waals surface area (Å²) >= 11 is 6.03. The average molecular weight is 269 g/mol. The summed E-state index contributed by atoms with van der Waals surface area (Å²) in [6.07, 6.45) is 6.83. The van der Waals surface area contributed by atoms with Crippen molar-refractivity contribution < 1.29 is 0 Å². The first-order chi connectivity index (χ1) is 8.72. The van der Waals surface area contributed by atoms with E-state index in [-0.39, 0.29) is 0 Å². The van der Waals surface area contributed by atoms with Crippen LogP contribution in [0.25, 0.3) is 0 Å². The molecule has 0 spiro atoms. The number of rotatable bonds is 8. The highest BCUT2D eigenvalue weighted by atomic mass is 35.5. The average Bonchev–Trinajstić information content (AvgIpc) is 2.39. The molecular formula is C15H25ClN2. The smallest absolute Gasteiger partial charge is 0.0509 e. The van der Waals surface area contributed by atoms with E-state index in [1.54, 1.807) is 0 Å². The fourth-order valence-electron chi connectivity index (χ4n) is 2.02. The van der Waals surface area contributed by atoms with Crippen LogP contribution in [-0.4, -0.2) is 18.1 Å². The Kier molecular flexibility index (Phi) is 7.11. The number of pyridine rings is 1. The summed E-state index contributed by atoms with van der Waals surface area (Å²) in [5.41, 5.74) is 3.49. The van der Waals surface area contributed by atoms with Gasteiger partial charge in [-0.1, -0.05) is 26.7 Å². The topological polar surface area (TPSA) is 16.1 Å². The van der Waals surface area contributed by atoms with Gasteiger partial charge in [-0.2, -0.15) is 0 Å². The molecule has 3 heteroatoms. The van der Waals surface area contributed by atoms with Gasteiger partial charge in [0.15, 0.2) is 0 Å². The van der Waals surface area contributed by atoms with Crippen LogP contribution < -0.4 is 4.90 Å². The number of alkyl halides is 1. The van der Waals surface area contributed by atoms with Gasteiger partial charge in [-0.25, -0.2) is 0 Å². The molecule has 1 aromatic rings. The van der Waals surface area contributed by atoms with Gasteiger partial charge in [0.2, 0.25) is 0 Å². The maximum Gasteiger partial charge on any atom is 0.0509 e. The third kappa shape index (κ3) is 4.49. The number of aryl methyl sites for hydroxylation is 1. The standard InChI is InChI=1S/C15H25ClN2/c1-4-6-8-18(9-7-5-2)15-10-13(3)17-12-14(15)11-16/h10,12H,4-9,11H2,1-3H3. The van der Waals surface area contributed by atoms with Crippen molar-refractivity contribution in [3.63, 3.8) is 0 Å². The molecule has 0 aromatic carbocycles. The Bertz CT molecular complexity index is 344. The minimum atomic E-state index is 0.539. The van der Waals surface area contributed by atoms with E-state index in [0.717, 1.165) is 24.3 Å². The molecule has 0 saturated heterocycles. The first-order valence-electron chi connectivity index (χ1n) is 6.99. The Labute approximate surface area is 116 Å². The van der Waals surface area contributed by atoms with Gasteiger partial charge < -0.3 is 4.90 Å². The summed E-state index contributed by atoms with van der Waals surface area (Å²) < 4.78 is 0. The number of nitrogens with zero attached hydrogens (tertiary/aromatic N) is 2. The fourth-order valence-corrected chi connectivity index (χ4v) is 2.23. The van der Waals surface area contributed by atoms with Crippen LogP contribution in [0.2, 0.25) is 0 Å². The predicted molar refractivity (Wildman–Crippen MR) is 80.6 cm³/mol. The lowest BCUT2D eigenvalue weighted by Crippen LogP contribution is -2.26. The quantitative estimate of drug-likeness (QED) is 0.644. The molecule has 0 amide bonds. The highest BCUT2D eigenvalue weighted by Gasteiger charge is 2.11. The van der Waals surface area contributed by atoms with Gasteiger partial charge in [0.1, 0.15) is 0 Å². The second kappa shape index (κ2) is 8.36. The van der Waals surface area contributed by atoms with E-state index in [1.807, 2.05) is 13.1 Å². The van der Waals surface area contributed by atoms with Crippen LogP contribution in [0.15, 0.2) is 12.3 Å². The van der Waals surface area contributed by atoms with Crippen LogP contribution in [0.1, 0.15) is 50.8 Å². The Morgan fingerprint density at radius 1 is 1.17 bits per heavy atom. The molecule has 0 N–H and O–H groups in total. The molecule has 1 aromatic heterocycles. The zero-order valence-electron chi connectivity index (χ0n) is 11.9. The van der Waals surface area contributed by atoms with Crippen molar-refractivity contribution in [2.24, 2.45) is 0 Å². The molecule has 0 unspecified atom stereocenters. The summed E-state index contributed by atoms with van der Waals surface area (Å²) in [5.74, 6) is 0.539. The van der Waals surface area contributed by atoms with Crippen LogP contribution in [0.5, 0.6) is 0 Å². The van der Waals surface area contributed by atoms with E-state index in [0.29, 0.717) is 5.88 Å². The Morgan fingerprint density at radius 2 is 1.78 bits per heavy atom. The van der Waals surface area contributed by atoms with Crippen molar-refractivity contribution >= 4 is 17.3 Å². The molecule has 0 fully saturated rings. The SMILES string of the molecule is CCCCN(CCCC)c1cc(C)ncc1CCl. The third-order valence-corrected chi connectivity index (χ3v) is 3.43. The van der Waals surface area contributed by atoms with Gasteiger partial charge in [0, 0.05) is 36.2 Å². The van der Waals surface area contributed by atoms with E-state index >= 15 is 0 Å². The lowest BCUT2D eigenvalue weighted by Gasteiger charge is -2.27. The van der Waals surface area contributed by atoms with E-state index in [9.17, 15) is 0 Å². The maximum atomic E-state index is 6.03. The predicted octanol–water partition coefficient (Wildman–Crippen LogP) is 4.54. The summed E-state index contributed by atoms with van der Waals surface area (Å²) in [6, 6.07) is 2.17. The Balaban J connectivity index is 2.90. The molecule has 0 aliphatic rings. The van der Waals surface area contributed by atoms with Gasteiger partial charge in [0.25, 0.3) is 0 Å². The van der Waals surface area contributed by atoms with Crippen LogP contribution in [0.4, 0.5) is 5.69 Å². The Hall–Kier alpha value is -0.760. The zero-order chi connectivity index (χ0) is 13.4. The fraction of sp³-hybridized carbons (Fsp3) is 0.667. The molecule has 0 bridgehead atoms. The maximum absolute atomic E-state index is 6.03. The first kappa shape index (κ1) is 15.3. The van der Waals surface area contributed by atoms with Crippen molar-refractivity contribution in [2.45, 2.75) is 52.3 Å². The second-order valence-electron chi connectivity index (χ2n) is 4.78. The molecule has 0 saturated carbocycles. The van der Waals surface area contributed by atoms with Crippen LogP contribution in [-0.2, 0) is 5.88 Å². The number of halogens is 1. The number of unbranched alkanes of at least 4 members (excludes halogenated alkanes) is 2. The van der Waals surface area contributed by atoms with E-state index in [4.69, 9.17) is 11.6 Å². The normalized spacial score (nSPS) is 10.7. The molecule has 0 aliphatic heterocycles.